The number of carbonyl (C=O) groups excluding carboxylic acids is 2. The van der Waals surface area contributed by atoms with E-state index in [1.807, 2.05) is 11.0 Å². The van der Waals surface area contributed by atoms with Crippen LogP contribution in [0.15, 0.2) is 30.3 Å². The van der Waals surface area contributed by atoms with Gasteiger partial charge in [-0.2, -0.15) is 0 Å². The summed E-state index contributed by atoms with van der Waals surface area (Å²) in [6.45, 7) is 7.67. The fourth-order valence-electron chi connectivity index (χ4n) is 3.89. The monoisotopic (exact) mass is 343 g/mol. The van der Waals surface area contributed by atoms with Gasteiger partial charge in [-0.3, -0.25) is 14.5 Å². The summed E-state index contributed by atoms with van der Waals surface area (Å²) in [6, 6.07) is 10.5. The third-order valence-corrected chi connectivity index (χ3v) is 5.44. The summed E-state index contributed by atoms with van der Waals surface area (Å²) in [7, 11) is 0. The Morgan fingerprint density at radius 1 is 0.920 bits per heavy atom. The SMILES string of the molecule is CC(=O)N1CCC(C(=O)N2CCCN(Cc3ccccc3)CC2)CC1. The highest BCUT2D eigenvalue weighted by Gasteiger charge is 2.30. The minimum absolute atomic E-state index is 0.0938. The van der Waals surface area contributed by atoms with Gasteiger partial charge in [-0.05, 0) is 24.8 Å². The molecular weight excluding hydrogens is 314 g/mol. The van der Waals surface area contributed by atoms with Gasteiger partial charge in [0, 0.05) is 58.7 Å². The number of carbonyl (C=O) groups is 2. The molecule has 2 heterocycles. The Balaban J connectivity index is 1.49. The first-order chi connectivity index (χ1) is 12.1. The van der Waals surface area contributed by atoms with Crippen LogP contribution in [-0.2, 0) is 16.1 Å². The molecule has 0 N–H and O–H groups in total. The average Bonchev–Trinajstić information content (AvgIpc) is 2.88. The Bertz CT molecular complexity index is 582. The Labute approximate surface area is 150 Å². The van der Waals surface area contributed by atoms with Crippen molar-refractivity contribution in [3.63, 3.8) is 0 Å². The van der Waals surface area contributed by atoms with Gasteiger partial charge in [-0.1, -0.05) is 30.3 Å². The minimum atomic E-state index is 0.0938. The van der Waals surface area contributed by atoms with E-state index in [0.717, 1.165) is 65.1 Å². The number of nitrogens with zero attached hydrogens (tertiary/aromatic N) is 3. The summed E-state index contributed by atoms with van der Waals surface area (Å²) in [5.41, 5.74) is 1.33. The smallest absolute Gasteiger partial charge is 0.225 e. The quantitative estimate of drug-likeness (QED) is 0.843. The number of likely N-dealkylation sites (tertiary alicyclic amines) is 1. The molecular formula is C20H29N3O2. The van der Waals surface area contributed by atoms with Gasteiger partial charge in [0.25, 0.3) is 0 Å². The Morgan fingerprint density at radius 3 is 2.32 bits per heavy atom. The Hall–Kier alpha value is -1.88. The molecule has 0 aliphatic carbocycles. The third-order valence-electron chi connectivity index (χ3n) is 5.44. The first kappa shape index (κ1) is 17.9. The number of rotatable bonds is 3. The van der Waals surface area contributed by atoms with Crippen LogP contribution >= 0.6 is 0 Å². The van der Waals surface area contributed by atoms with Gasteiger partial charge < -0.3 is 9.80 Å². The molecule has 5 nitrogen and oxygen atoms in total. The van der Waals surface area contributed by atoms with Crippen molar-refractivity contribution in [3.05, 3.63) is 35.9 Å². The average molecular weight is 343 g/mol. The molecule has 2 aliphatic rings. The summed E-state index contributed by atoms with van der Waals surface area (Å²) in [4.78, 5) is 30.6. The van der Waals surface area contributed by atoms with Crippen LogP contribution in [0.25, 0.3) is 0 Å². The second kappa shape index (κ2) is 8.48. The lowest BCUT2D eigenvalue weighted by Crippen LogP contribution is -2.44. The molecule has 0 saturated carbocycles. The van der Waals surface area contributed by atoms with Gasteiger partial charge in [-0.15, -0.1) is 0 Å². The second-order valence-corrected chi connectivity index (χ2v) is 7.22. The maximum Gasteiger partial charge on any atom is 0.225 e. The van der Waals surface area contributed by atoms with Gasteiger partial charge in [0.1, 0.15) is 0 Å². The molecule has 0 spiro atoms. The molecule has 2 amide bonds. The molecule has 0 radical (unpaired) electrons. The van der Waals surface area contributed by atoms with E-state index < -0.39 is 0 Å². The van der Waals surface area contributed by atoms with Gasteiger partial charge in [0.2, 0.25) is 11.8 Å². The number of amides is 2. The van der Waals surface area contributed by atoms with Gasteiger partial charge >= 0.3 is 0 Å². The molecule has 2 saturated heterocycles. The Morgan fingerprint density at radius 2 is 1.64 bits per heavy atom. The van der Waals surface area contributed by atoms with E-state index in [-0.39, 0.29) is 11.8 Å². The van der Waals surface area contributed by atoms with Crippen molar-refractivity contribution < 1.29 is 9.59 Å². The fourth-order valence-corrected chi connectivity index (χ4v) is 3.89. The first-order valence-corrected chi connectivity index (χ1v) is 9.44. The van der Waals surface area contributed by atoms with E-state index >= 15 is 0 Å². The Kier molecular flexibility index (Phi) is 6.08. The third kappa shape index (κ3) is 4.82. The summed E-state index contributed by atoms with van der Waals surface area (Å²) >= 11 is 0. The van der Waals surface area contributed by atoms with Crippen LogP contribution in [0.2, 0.25) is 0 Å². The maximum atomic E-state index is 12.9. The molecule has 0 unspecified atom stereocenters. The van der Waals surface area contributed by atoms with E-state index in [1.165, 1.54) is 5.56 Å². The van der Waals surface area contributed by atoms with E-state index in [0.29, 0.717) is 5.91 Å². The van der Waals surface area contributed by atoms with Crippen molar-refractivity contribution in [2.45, 2.75) is 32.7 Å². The van der Waals surface area contributed by atoms with Crippen molar-refractivity contribution in [1.29, 1.82) is 0 Å². The molecule has 0 bridgehead atoms. The summed E-state index contributed by atoms with van der Waals surface area (Å²) in [5.74, 6) is 0.512. The topological polar surface area (TPSA) is 43.9 Å². The first-order valence-electron chi connectivity index (χ1n) is 9.44. The molecule has 2 aliphatic heterocycles. The lowest BCUT2D eigenvalue weighted by molar-refractivity contribution is -0.140. The van der Waals surface area contributed by atoms with E-state index in [4.69, 9.17) is 0 Å². The van der Waals surface area contributed by atoms with Crippen LogP contribution in [0.1, 0.15) is 31.7 Å². The summed E-state index contributed by atoms with van der Waals surface area (Å²) in [6.07, 6.45) is 2.65. The normalized spacial score (nSPS) is 20.4. The molecule has 136 valence electrons. The summed E-state index contributed by atoms with van der Waals surface area (Å²) < 4.78 is 0. The fraction of sp³-hybridized carbons (Fsp3) is 0.600. The summed E-state index contributed by atoms with van der Waals surface area (Å²) in [5, 5.41) is 0. The van der Waals surface area contributed by atoms with Crippen molar-refractivity contribution in [3.8, 4) is 0 Å². The number of hydrogen-bond acceptors (Lipinski definition) is 3. The zero-order valence-electron chi connectivity index (χ0n) is 15.2. The van der Waals surface area contributed by atoms with Crippen LogP contribution in [0.3, 0.4) is 0 Å². The largest absolute Gasteiger partial charge is 0.343 e. The molecule has 25 heavy (non-hydrogen) atoms. The van der Waals surface area contributed by atoms with Crippen LogP contribution in [0.5, 0.6) is 0 Å². The van der Waals surface area contributed by atoms with Crippen LogP contribution in [-0.4, -0.2) is 65.8 Å². The lowest BCUT2D eigenvalue weighted by Gasteiger charge is -2.33. The molecule has 5 heteroatoms. The van der Waals surface area contributed by atoms with Crippen LogP contribution < -0.4 is 0 Å². The second-order valence-electron chi connectivity index (χ2n) is 7.22. The molecule has 1 aromatic carbocycles. The van der Waals surface area contributed by atoms with Gasteiger partial charge in [0.15, 0.2) is 0 Å². The van der Waals surface area contributed by atoms with Crippen molar-refractivity contribution >= 4 is 11.8 Å². The number of hydrogen-bond donors (Lipinski definition) is 0. The van der Waals surface area contributed by atoms with E-state index in [1.54, 1.807) is 6.92 Å². The minimum Gasteiger partial charge on any atom is -0.343 e. The highest BCUT2D eigenvalue weighted by Crippen LogP contribution is 2.21. The van der Waals surface area contributed by atoms with E-state index in [2.05, 4.69) is 34.1 Å². The maximum absolute atomic E-state index is 12.9. The lowest BCUT2D eigenvalue weighted by atomic mass is 9.95. The van der Waals surface area contributed by atoms with Crippen LogP contribution in [0, 0.1) is 5.92 Å². The zero-order valence-corrected chi connectivity index (χ0v) is 15.2. The zero-order chi connectivity index (χ0) is 17.6. The molecule has 0 atom stereocenters. The van der Waals surface area contributed by atoms with Crippen molar-refractivity contribution in [2.24, 2.45) is 5.92 Å². The molecule has 2 fully saturated rings. The standard InChI is InChI=1S/C20H29N3O2/c1-17(24)22-12-8-19(9-13-22)20(25)23-11-5-10-21(14-15-23)16-18-6-3-2-4-7-18/h2-4,6-7,19H,5,8-16H2,1H3. The molecule has 3 rings (SSSR count). The highest BCUT2D eigenvalue weighted by molar-refractivity contribution is 5.79. The van der Waals surface area contributed by atoms with Crippen molar-refractivity contribution in [2.75, 3.05) is 39.3 Å². The number of piperidine rings is 1. The van der Waals surface area contributed by atoms with Gasteiger partial charge in [-0.25, -0.2) is 0 Å². The number of benzene rings is 1. The highest BCUT2D eigenvalue weighted by atomic mass is 16.2. The molecule has 0 aromatic heterocycles. The molecule has 1 aromatic rings. The van der Waals surface area contributed by atoms with Crippen molar-refractivity contribution in [1.82, 2.24) is 14.7 Å². The van der Waals surface area contributed by atoms with E-state index in [9.17, 15) is 9.59 Å². The van der Waals surface area contributed by atoms with Crippen LogP contribution in [0.4, 0.5) is 0 Å². The predicted molar refractivity (Wildman–Crippen MR) is 97.9 cm³/mol. The van der Waals surface area contributed by atoms with Gasteiger partial charge in [0.05, 0.1) is 0 Å². The predicted octanol–water partition coefficient (Wildman–Crippen LogP) is 1.98.